The van der Waals surface area contributed by atoms with Gasteiger partial charge in [-0.05, 0) is 77.0 Å². The van der Waals surface area contributed by atoms with Gasteiger partial charge >= 0.3 is 0 Å². The molecule has 2 aromatic carbocycles. The molecule has 0 radical (unpaired) electrons. The third-order valence-corrected chi connectivity index (χ3v) is 4.30. The molecular weight excluding hydrogens is 407 g/mol. The number of hydrogen-bond acceptors (Lipinski definition) is 1. The van der Waals surface area contributed by atoms with Crippen LogP contribution in [0.5, 0.6) is 0 Å². The molecule has 0 aliphatic heterocycles. The summed E-state index contributed by atoms with van der Waals surface area (Å²) in [5.41, 5.74) is 1.47. The van der Waals surface area contributed by atoms with Crippen LogP contribution in [0.1, 0.15) is 30.5 Å². The second-order valence-electron chi connectivity index (χ2n) is 4.76. The van der Waals surface area contributed by atoms with Crippen molar-refractivity contribution in [2.75, 3.05) is 6.54 Å². The second kappa shape index (κ2) is 7.51. The van der Waals surface area contributed by atoms with Crippen LogP contribution in [-0.4, -0.2) is 6.54 Å². The Hall–Kier alpha value is -0.720. The van der Waals surface area contributed by atoms with Crippen LogP contribution >= 0.6 is 34.2 Å². The molecule has 1 atom stereocenters. The fourth-order valence-corrected chi connectivity index (χ4v) is 3.00. The molecule has 5 heteroatoms. The maximum Gasteiger partial charge on any atom is 0.126 e. The van der Waals surface area contributed by atoms with E-state index < -0.39 is 11.6 Å². The van der Waals surface area contributed by atoms with Gasteiger partial charge < -0.3 is 5.32 Å². The van der Waals surface area contributed by atoms with E-state index in [-0.39, 0.29) is 6.04 Å². The zero-order chi connectivity index (χ0) is 15.4. The van der Waals surface area contributed by atoms with Crippen LogP contribution in [0.2, 0.25) is 5.02 Å². The van der Waals surface area contributed by atoms with Crippen LogP contribution in [0, 0.1) is 15.2 Å². The van der Waals surface area contributed by atoms with Crippen LogP contribution in [0.25, 0.3) is 0 Å². The summed E-state index contributed by atoms with van der Waals surface area (Å²) in [5.74, 6) is -1.16. The fraction of sp³-hybridized carbons (Fsp3) is 0.250. The van der Waals surface area contributed by atoms with Gasteiger partial charge in [0.05, 0.1) is 6.04 Å². The molecule has 0 bridgehead atoms. The summed E-state index contributed by atoms with van der Waals surface area (Å²) < 4.78 is 28.0. The highest BCUT2D eigenvalue weighted by Gasteiger charge is 2.18. The van der Waals surface area contributed by atoms with Gasteiger partial charge in [0.15, 0.2) is 0 Å². The Morgan fingerprint density at radius 3 is 2.43 bits per heavy atom. The van der Waals surface area contributed by atoms with Crippen molar-refractivity contribution in [1.82, 2.24) is 5.32 Å². The third kappa shape index (κ3) is 4.37. The summed E-state index contributed by atoms with van der Waals surface area (Å²) in [6, 6.07) is 8.83. The summed E-state index contributed by atoms with van der Waals surface area (Å²) >= 11 is 8.27. The minimum absolute atomic E-state index is 0.291. The molecule has 2 rings (SSSR count). The minimum Gasteiger partial charge on any atom is -0.306 e. The Labute approximate surface area is 141 Å². The molecule has 0 aliphatic rings. The van der Waals surface area contributed by atoms with Crippen LogP contribution in [0.4, 0.5) is 8.78 Å². The van der Waals surface area contributed by atoms with Crippen molar-refractivity contribution in [3.8, 4) is 0 Å². The van der Waals surface area contributed by atoms with Gasteiger partial charge in [-0.25, -0.2) is 8.78 Å². The molecule has 0 aromatic heterocycles. The van der Waals surface area contributed by atoms with Crippen molar-refractivity contribution in [2.45, 2.75) is 19.4 Å². The Balaban J connectivity index is 2.49. The van der Waals surface area contributed by atoms with E-state index in [4.69, 9.17) is 11.6 Å². The maximum atomic E-state index is 13.5. The van der Waals surface area contributed by atoms with Crippen molar-refractivity contribution in [3.63, 3.8) is 0 Å². The first-order chi connectivity index (χ1) is 10.0. The predicted molar refractivity (Wildman–Crippen MR) is 90.7 cm³/mol. The second-order valence-corrected chi connectivity index (χ2v) is 6.35. The average molecular weight is 422 g/mol. The average Bonchev–Trinajstić information content (AvgIpc) is 2.42. The van der Waals surface area contributed by atoms with E-state index in [1.807, 2.05) is 19.1 Å². The molecule has 112 valence electrons. The highest BCUT2D eigenvalue weighted by atomic mass is 127. The van der Waals surface area contributed by atoms with E-state index in [0.717, 1.165) is 28.2 Å². The van der Waals surface area contributed by atoms with E-state index in [9.17, 15) is 8.78 Å². The molecule has 21 heavy (non-hydrogen) atoms. The SMILES string of the molecule is CCCNC(c1cc(F)cc(F)c1)c1cc(Cl)ccc1I. The summed E-state index contributed by atoms with van der Waals surface area (Å²) in [6.45, 7) is 2.78. The lowest BCUT2D eigenvalue weighted by molar-refractivity contribution is 0.558. The van der Waals surface area contributed by atoms with Crippen LogP contribution in [0.3, 0.4) is 0 Å². The van der Waals surface area contributed by atoms with Gasteiger partial charge in [-0.1, -0.05) is 18.5 Å². The molecule has 0 amide bonds. The Morgan fingerprint density at radius 1 is 1.14 bits per heavy atom. The standard InChI is InChI=1S/C16H15ClF2IN/c1-2-5-21-16(10-6-12(18)9-13(19)7-10)14-8-11(17)3-4-15(14)20/h3-4,6-9,16,21H,2,5H2,1H3. The zero-order valence-electron chi connectivity index (χ0n) is 11.5. The molecule has 0 spiro atoms. The molecule has 1 N–H and O–H groups in total. The lowest BCUT2D eigenvalue weighted by Crippen LogP contribution is -2.24. The van der Waals surface area contributed by atoms with Gasteiger partial charge in [-0.15, -0.1) is 0 Å². The predicted octanol–water partition coefficient (Wildman–Crippen LogP) is 5.31. The zero-order valence-corrected chi connectivity index (χ0v) is 14.4. The maximum absolute atomic E-state index is 13.5. The summed E-state index contributed by atoms with van der Waals surface area (Å²) in [6.07, 6.45) is 0.922. The molecule has 2 aromatic rings. The first-order valence-corrected chi connectivity index (χ1v) is 8.11. The molecule has 0 aliphatic carbocycles. The molecule has 1 unspecified atom stereocenters. The van der Waals surface area contributed by atoms with Gasteiger partial charge in [0, 0.05) is 14.7 Å². The highest BCUT2D eigenvalue weighted by Crippen LogP contribution is 2.29. The first-order valence-electron chi connectivity index (χ1n) is 6.65. The fourth-order valence-electron chi connectivity index (χ4n) is 2.17. The number of hydrogen-bond donors (Lipinski definition) is 1. The normalized spacial score (nSPS) is 12.4. The van der Waals surface area contributed by atoms with Gasteiger partial charge in [0.25, 0.3) is 0 Å². The van der Waals surface area contributed by atoms with Gasteiger partial charge in [-0.2, -0.15) is 0 Å². The smallest absolute Gasteiger partial charge is 0.126 e. The molecular formula is C16H15ClF2IN. The van der Waals surface area contributed by atoms with Crippen LogP contribution < -0.4 is 5.32 Å². The topological polar surface area (TPSA) is 12.0 Å². The van der Waals surface area contributed by atoms with Crippen molar-refractivity contribution in [2.24, 2.45) is 0 Å². The number of nitrogens with one attached hydrogen (secondary N) is 1. The number of rotatable bonds is 5. The lowest BCUT2D eigenvalue weighted by Gasteiger charge is -2.21. The molecule has 0 fully saturated rings. The Morgan fingerprint density at radius 2 is 1.81 bits per heavy atom. The summed E-state index contributed by atoms with van der Waals surface area (Å²) in [7, 11) is 0. The number of halogens is 4. The summed E-state index contributed by atoms with van der Waals surface area (Å²) in [5, 5.41) is 3.93. The monoisotopic (exact) mass is 421 g/mol. The van der Waals surface area contributed by atoms with E-state index in [2.05, 4.69) is 27.9 Å². The van der Waals surface area contributed by atoms with E-state index >= 15 is 0 Å². The van der Waals surface area contributed by atoms with Crippen molar-refractivity contribution >= 4 is 34.2 Å². The van der Waals surface area contributed by atoms with Crippen molar-refractivity contribution in [3.05, 3.63) is 67.8 Å². The first kappa shape index (κ1) is 16.6. The lowest BCUT2D eigenvalue weighted by atomic mass is 9.98. The van der Waals surface area contributed by atoms with Gasteiger partial charge in [0.1, 0.15) is 11.6 Å². The van der Waals surface area contributed by atoms with Crippen molar-refractivity contribution < 1.29 is 8.78 Å². The molecule has 0 saturated heterocycles. The molecule has 1 nitrogen and oxygen atoms in total. The van der Waals surface area contributed by atoms with E-state index in [0.29, 0.717) is 10.6 Å². The summed E-state index contributed by atoms with van der Waals surface area (Å²) in [4.78, 5) is 0. The van der Waals surface area contributed by atoms with Crippen LogP contribution in [0.15, 0.2) is 36.4 Å². The Kier molecular flexibility index (Phi) is 5.96. The quantitative estimate of drug-likeness (QED) is 0.645. The molecule has 0 heterocycles. The van der Waals surface area contributed by atoms with E-state index in [1.54, 1.807) is 6.07 Å². The Bertz CT molecular complexity index is 613. The van der Waals surface area contributed by atoms with Gasteiger partial charge in [0.2, 0.25) is 0 Å². The molecule has 0 saturated carbocycles. The largest absolute Gasteiger partial charge is 0.306 e. The van der Waals surface area contributed by atoms with E-state index in [1.165, 1.54) is 12.1 Å². The number of benzene rings is 2. The van der Waals surface area contributed by atoms with Crippen LogP contribution in [-0.2, 0) is 0 Å². The third-order valence-electron chi connectivity index (χ3n) is 3.09. The highest BCUT2D eigenvalue weighted by molar-refractivity contribution is 14.1. The van der Waals surface area contributed by atoms with Crippen molar-refractivity contribution in [1.29, 1.82) is 0 Å². The minimum atomic E-state index is -0.578. The van der Waals surface area contributed by atoms with Gasteiger partial charge in [-0.3, -0.25) is 0 Å².